The second kappa shape index (κ2) is 25.4. The quantitative estimate of drug-likeness (QED) is 0.126. The molecule has 0 saturated heterocycles. The third-order valence-corrected chi connectivity index (χ3v) is 27.1. The number of aromatic nitrogens is 5. The molecule has 0 amide bonds. The Labute approximate surface area is 721 Å². The van der Waals surface area contributed by atoms with E-state index in [9.17, 15) is 0 Å². The predicted octanol–water partition coefficient (Wildman–Crippen LogP) is 25.1. The summed E-state index contributed by atoms with van der Waals surface area (Å²) in [6.07, 6.45) is 0. The zero-order valence-corrected chi connectivity index (χ0v) is 67.2. The van der Waals surface area contributed by atoms with Crippen molar-refractivity contribution < 1.29 is 28.4 Å². The van der Waals surface area contributed by atoms with Crippen molar-refractivity contribution in [2.45, 2.75) is 0 Å². The van der Waals surface area contributed by atoms with Crippen molar-refractivity contribution in [3.8, 4) is 159 Å². The monoisotopic (exact) mass is 1610 g/mol. The highest BCUT2D eigenvalue weighted by Gasteiger charge is 2.49. The lowest BCUT2D eigenvalue weighted by molar-refractivity contribution is 0.442. The Bertz CT molecular complexity index is 8100. The van der Waals surface area contributed by atoms with Crippen LogP contribution in [-0.4, -0.2) is 36.7 Å². The predicted molar refractivity (Wildman–Crippen MR) is 510 cm³/mol. The molecular weight excluding hydrogens is 1540 g/mol. The summed E-state index contributed by atoms with van der Waals surface area (Å²) in [6.45, 7) is -0.260. The van der Waals surface area contributed by atoms with E-state index >= 15 is 0 Å². The summed E-state index contributed by atoms with van der Waals surface area (Å²) in [5.41, 5.74) is 30.3. The molecule has 0 fully saturated rings. The number of fused-ring (bicyclic) bond motifs is 12. The van der Waals surface area contributed by atoms with E-state index in [2.05, 4.69) is 340 Å². The highest BCUT2D eigenvalue weighted by molar-refractivity contribution is 7.00. The first kappa shape index (κ1) is 68.0. The van der Waals surface area contributed by atoms with Crippen LogP contribution in [0.15, 0.2) is 382 Å². The van der Waals surface area contributed by atoms with Crippen LogP contribution in [0.3, 0.4) is 0 Å². The smallest absolute Gasteiger partial charge is 0.270 e. The van der Waals surface area contributed by atoms with Gasteiger partial charge in [0.2, 0.25) is 0 Å². The molecule has 6 aliphatic heterocycles. The van der Waals surface area contributed by atoms with E-state index in [0.29, 0.717) is 0 Å². The van der Waals surface area contributed by atoms with E-state index in [1.807, 2.05) is 60.7 Å². The molecule has 126 heavy (non-hydrogen) atoms. The zero-order valence-electron chi connectivity index (χ0n) is 67.2. The number of hydrogen-bond acceptors (Lipinski definition) is 7. The molecule has 0 bridgehead atoms. The van der Waals surface area contributed by atoms with E-state index in [1.165, 1.54) is 32.6 Å². The molecule has 0 N–H and O–H groups in total. The fraction of sp³-hybridized carbons (Fsp3) is 0. The largest absolute Gasteiger partial charge is 0.458 e. The van der Waals surface area contributed by atoms with Crippen molar-refractivity contribution in [2.75, 3.05) is 0 Å². The number of rotatable bonds is 10. The summed E-state index contributed by atoms with van der Waals surface area (Å²) in [5.74, 6) is 9.26. The second-order valence-corrected chi connectivity index (χ2v) is 33.8. The maximum Gasteiger partial charge on any atom is 0.270 e. The molecule has 6 aliphatic rings. The maximum absolute atomic E-state index is 7.02. The van der Waals surface area contributed by atoms with E-state index in [4.69, 9.17) is 33.4 Å². The van der Waals surface area contributed by atoms with Gasteiger partial charge in [0.1, 0.15) is 69.0 Å². The van der Waals surface area contributed by atoms with Gasteiger partial charge in [0.25, 0.3) is 13.4 Å². The SMILES string of the molecule is c1cc(-c2cc3c4c(c2)Oc2cccc5c2B4c2c(cccc2O3)O5)cc(-c2cc(-c3cccc(-n4c5ccccc5c5cc(-n6c7ccccc7c7ccccc76)ccc54)c3)c(-c3cccc(-c4cc5c6c(c4)Oc4cccc7c4B6c4c(cccc4O5)O7)c3)nc2-c2cccc(-n3c4ccccc4c4cc(-n5c6ccccc6c6ccccc65)ccc43)c2)c1. The number of ether oxygens (including phenoxy) is 6. The topological polar surface area (TPSA) is 88.0 Å². The minimum atomic E-state index is -0.131. The first-order valence-electron chi connectivity index (χ1n) is 42.9. The van der Waals surface area contributed by atoms with Gasteiger partial charge in [-0.2, -0.15) is 0 Å². The van der Waals surface area contributed by atoms with Crippen molar-refractivity contribution in [3.63, 3.8) is 0 Å². The van der Waals surface area contributed by atoms with Crippen molar-refractivity contribution in [1.82, 2.24) is 23.3 Å². The molecule has 11 nitrogen and oxygen atoms in total. The fourth-order valence-corrected chi connectivity index (χ4v) is 21.8. The number of pyridine rings is 1. The Morgan fingerprint density at radius 2 is 0.413 bits per heavy atom. The van der Waals surface area contributed by atoms with Gasteiger partial charge in [0.05, 0.1) is 55.5 Å². The minimum absolute atomic E-state index is 0.129. The fourth-order valence-electron chi connectivity index (χ4n) is 21.8. The van der Waals surface area contributed by atoms with Gasteiger partial charge in [0.15, 0.2) is 0 Å². The van der Waals surface area contributed by atoms with E-state index in [0.717, 1.165) is 246 Å². The van der Waals surface area contributed by atoms with Crippen LogP contribution in [0.1, 0.15) is 0 Å². The lowest BCUT2D eigenvalue weighted by Gasteiger charge is -2.37. The molecule has 23 aromatic rings. The summed E-state index contributed by atoms with van der Waals surface area (Å²) < 4.78 is 50.9. The highest BCUT2D eigenvalue weighted by atomic mass is 16.5. The maximum atomic E-state index is 7.02. The van der Waals surface area contributed by atoms with Crippen molar-refractivity contribution in [2.24, 2.45) is 0 Å². The van der Waals surface area contributed by atoms with Gasteiger partial charge in [-0.3, -0.25) is 0 Å². The van der Waals surface area contributed by atoms with E-state index in [1.54, 1.807) is 0 Å². The van der Waals surface area contributed by atoms with Gasteiger partial charge in [0, 0.05) is 121 Å². The molecular formula is C113H63B2N5O6. The molecule has 0 aliphatic carbocycles. The third kappa shape index (κ3) is 9.59. The van der Waals surface area contributed by atoms with Crippen LogP contribution in [-0.2, 0) is 0 Å². The first-order valence-corrected chi connectivity index (χ1v) is 42.9. The molecule has 18 aromatic carbocycles. The van der Waals surface area contributed by atoms with E-state index in [-0.39, 0.29) is 13.4 Å². The highest BCUT2D eigenvalue weighted by Crippen LogP contribution is 2.51. The van der Waals surface area contributed by atoms with Crippen LogP contribution < -0.4 is 61.2 Å². The Hall–Kier alpha value is -16.8. The molecule has 0 saturated carbocycles. The summed E-state index contributed by atoms with van der Waals surface area (Å²) in [6, 6.07) is 138. The van der Waals surface area contributed by atoms with Crippen LogP contribution in [0.5, 0.6) is 69.0 Å². The molecule has 29 rings (SSSR count). The van der Waals surface area contributed by atoms with Gasteiger partial charge >= 0.3 is 0 Å². The lowest BCUT2D eigenvalue weighted by atomic mass is 9.34. The van der Waals surface area contributed by atoms with Crippen molar-refractivity contribution >= 4 is 133 Å². The molecule has 11 heterocycles. The summed E-state index contributed by atoms with van der Waals surface area (Å²) in [7, 11) is 0. The summed E-state index contributed by atoms with van der Waals surface area (Å²) in [4.78, 5) is 6.32. The van der Waals surface area contributed by atoms with Gasteiger partial charge in [-0.15, -0.1) is 0 Å². The zero-order chi connectivity index (χ0) is 81.8. The first-order chi connectivity index (χ1) is 62.4. The second-order valence-electron chi connectivity index (χ2n) is 33.8. The normalized spacial score (nSPS) is 13.1. The molecule has 0 unspecified atom stereocenters. The van der Waals surface area contributed by atoms with Crippen molar-refractivity contribution in [1.29, 1.82) is 0 Å². The van der Waals surface area contributed by atoms with Crippen LogP contribution in [0.25, 0.3) is 177 Å². The molecule has 582 valence electrons. The Morgan fingerprint density at radius 1 is 0.167 bits per heavy atom. The van der Waals surface area contributed by atoms with E-state index < -0.39 is 0 Å². The van der Waals surface area contributed by atoms with Crippen LogP contribution in [0.2, 0.25) is 0 Å². The van der Waals surface area contributed by atoms with Gasteiger partial charge in [-0.25, -0.2) is 4.98 Å². The number of hydrogen-bond donors (Lipinski definition) is 0. The molecule has 13 heteroatoms. The summed E-state index contributed by atoms with van der Waals surface area (Å²) >= 11 is 0. The number of nitrogens with zero attached hydrogens (tertiary/aromatic N) is 5. The Balaban J connectivity index is 0.652. The number of para-hydroxylation sites is 6. The third-order valence-electron chi connectivity index (χ3n) is 27.1. The van der Waals surface area contributed by atoms with Gasteiger partial charge in [-0.05, 0) is 221 Å². The van der Waals surface area contributed by atoms with Crippen LogP contribution in [0, 0.1) is 0 Å². The van der Waals surface area contributed by atoms with Crippen molar-refractivity contribution in [3.05, 3.63) is 382 Å². The molecule has 0 radical (unpaired) electrons. The molecule has 0 atom stereocenters. The molecule has 0 spiro atoms. The standard InChI is InChI=1S/C113H63B2N5O6/c1-7-35-86-76(29-1)77-30-2-8-36-87(77)119(86)74-49-51-92-84(61-74)80-33-5-11-39-90(80)117(92)72-27-15-24-67(55-72)83-63-82(66-23-13-21-64(53-66)70-57-102-110-103(58-70)124-99-46-18-42-95-107(99)114(110)106-94(121-95)41-17-45-98(106)123-102)113(116-112(83)68-25-14-22-65(54-68)71-59-104-111-105(60-71)126-101-48-20-44-97-109(101)115(111)108-96(122-97)43-19-47-100(108)125-104)69-26-16-28-73(56-69)118-91-40-12-6-34-81(91)85-62-75(50-52-93(85)118)120-88-37-9-3-31-78(88)79-32-4-10-38-89(79)120/h1-63H. The Morgan fingerprint density at radius 3 is 0.770 bits per heavy atom. The Kier molecular flexibility index (Phi) is 13.7. The average molecular weight is 1610 g/mol. The molecule has 5 aromatic heterocycles. The minimum Gasteiger partial charge on any atom is -0.458 e. The lowest BCUT2D eigenvalue weighted by Crippen LogP contribution is -2.59. The van der Waals surface area contributed by atoms with Crippen LogP contribution in [0.4, 0.5) is 0 Å². The van der Waals surface area contributed by atoms with Gasteiger partial charge < -0.3 is 46.7 Å². The summed E-state index contributed by atoms with van der Waals surface area (Å²) in [5, 5.41) is 9.50. The van der Waals surface area contributed by atoms with Gasteiger partial charge in [-0.1, -0.05) is 194 Å². The van der Waals surface area contributed by atoms with Crippen LogP contribution >= 0.6 is 0 Å². The average Bonchev–Trinajstić information content (AvgIpc) is 1.18. The number of benzene rings is 18.